The number of anilines is 1. The number of hydrogen-bond acceptors (Lipinski definition) is 6. The number of carbonyl (C=O) groups is 1. The second-order valence-corrected chi connectivity index (χ2v) is 7.43. The Bertz CT molecular complexity index is 704. The predicted octanol–water partition coefficient (Wildman–Crippen LogP) is 2.30. The number of rotatable bonds is 5. The maximum absolute atomic E-state index is 11.5. The van der Waals surface area contributed by atoms with Crippen LogP contribution in [0.2, 0.25) is 0 Å². The van der Waals surface area contributed by atoms with Gasteiger partial charge < -0.3 is 20.3 Å². The van der Waals surface area contributed by atoms with E-state index in [4.69, 9.17) is 4.99 Å². The van der Waals surface area contributed by atoms with Gasteiger partial charge in [-0.2, -0.15) is 0 Å². The predicted molar refractivity (Wildman–Crippen MR) is 105 cm³/mol. The molecule has 3 rings (SSSR count). The third-order valence-corrected chi connectivity index (χ3v) is 5.40. The number of nitrogens with zero attached hydrogens (tertiary/aromatic N) is 3. The smallest absolute Gasteiger partial charge is 0.339 e. The molecule has 140 valence electrons. The van der Waals surface area contributed by atoms with Gasteiger partial charge in [0.2, 0.25) is 0 Å². The van der Waals surface area contributed by atoms with Crippen LogP contribution in [0, 0.1) is 0 Å². The summed E-state index contributed by atoms with van der Waals surface area (Å²) in [6.07, 6.45) is 8.74. The van der Waals surface area contributed by atoms with Crippen LogP contribution in [0.4, 0.5) is 5.82 Å². The topological polar surface area (TPSA) is 78.8 Å². The van der Waals surface area contributed by atoms with E-state index in [0.29, 0.717) is 17.6 Å². The number of methoxy groups -OCH3 is 1. The second-order valence-electron chi connectivity index (χ2n) is 6.50. The van der Waals surface area contributed by atoms with E-state index < -0.39 is 0 Å². The zero-order valence-electron chi connectivity index (χ0n) is 15.4. The number of pyridine rings is 1. The third-order valence-electron chi connectivity index (χ3n) is 4.63. The third kappa shape index (κ3) is 4.49. The minimum atomic E-state index is -0.372. The number of carbonyl (C=O) groups excluding carboxylic acids is 1. The lowest BCUT2D eigenvalue weighted by Gasteiger charge is -2.27. The lowest BCUT2D eigenvalue weighted by molar-refractivity contribution is 0.0600. The molecule has 2 heterocycles. The van der Waals surface area contributed by atoms with E-state index >= 15 is 0 Å². The molecule has 0 spiro atoms. The summed E-state index contributed by atoms with van der Waals surface area (Å²) in [6.45, 7) is 0.901. The Morgan fingerprint density at radius 1 is 1.46 bits per heavy atom. The molecule has 0 saturated heterocycles. The van der Waals surface area contributed by atoms with Crippen molar-refractivity contribution >= 4 is 29.5 Å². The first-order chi connectivity index (χ1) is 12.6. The van der Waals surface area contributed by atoms with E-state index in [-0.39, 0.29) is 5.97 Å². The molecule has 1 aromatic heterocycles. The molecule has 1 aliphatic carbocycles. The first kappa shape index (κ1) is 18.6. The zero-order chi connectivity index (χ0) is 18.5. The first-order valence-electron chi connectivity index (χ1n) is 8.68. The molecule has 26 heavy (non-hydrogen) atoms. The Balaban J connectivity index is 1.55. The largest absolute Gasteiger partial charge is 0.465 e. The lowest BCUT2D eigenvalue weighted by Crippen LogP contribution is -2.41. The van der Waals surface area contributed by atoms with Crippen molar-refractivity contribution in [2.45, 2.75) is 31.3 Å². The monoisotopic (exact) mass is 375 g/mol. The molecule has 1 saturated carbocycles. The summed E-state index contributed by atoms with van der Waals surface area (Å²) in [6, 6.07) is 4.18. The van der Waals surface area contributed by atoms with Gasteiger partial charge in [-0.25, -0.2) is 14.8 Å². The number of guanidine groups is 1. The van der Waals surface area contributed by atoms with Crippen LogP contribution in [0.1, 0.15) is 29.6 Å². The molecule has 0 radical (unpaired) electrons. The molecule has 2 aliphatic rings. The van der Waals surface area contributed by atoms with Crippen LogP contribution in [0.25, 0.3) is 0 Å². The summed E-state index contributed by atoms with van der Waals surface area (Å²) < 4.78 is 4.69. The summed E-state index contributed by atoms with van der Waals surface area (Å²) in [5, 5.41) is 6.74. The van der Waals surface area contributed by atoms with Gasteiger partial charge in [-0.15, -0.1) is 11.8 Å². The summed E-state index contributed by atoms with van der Waals surface area (Å²) in [7, 11) is 3.43. The van der Waals surface area contributed by atoms with Crippen LogP contribution in [0.15, 0.2) is 34.4 Å². The number of nitrogens with one attached hydrogen (secondary N) is 2. The molecule has 1 aromatic rings. The molecular formula is C18H25N5O2S. The van der Waals surface area contributed by atoms with Crippen LogP contribution in [-0.4, -0.2) is 60.9 Å². The second kappa shape index (κ2) is 8.44. The van der Waals surface area contributed by atoms with Gasteiger partial charge in [0.05, 0.1) is 25.3 Å². The van der Waals surface area contributed by atoms with Gasteiger partial charge >= 0.3 is 5.97 Å². The zero-order valence-corrected chi connectivity index (χ0v) is 16.2. The van der Waals surface area contributed by atoms with E-state index in [1.54, 1.807) is 17.8 Å². The quantitative estimate of drug-likeness (QED) is 0.765. The molecule has 0 amide bonds. The van der Waals surface area contributed by atoms with E-state index in [9.17, 15) is 4.79 Å². The Hall–Kier alpha value is -2.22. The minimum absolute atomic E-state index is 0.302. The highest BCUT2D eigenvalue weighted by atomic mass is 32.2. The van der Waals surface area contributed by atoms with Crippen LogP contribution < -0.4 is 10.6 Å². The van der Waals surface area contributed by atoms with Crippen molar-refractivity contribution < 1.29 is 9.53 Å². The van der Waals surface area contributed by atoms with Crippen LogP contribution in [0.3, 0.4) is 0 Å². The molecule has 0 bridgehead atoms. The molecule has 1 fully saturated rings. The summed E-state index contributed by atoms with van der Waals surface area (Å²) in [5.41, 5.74) is 0.456. The fraction of sp³-hybridized carbons (Fsp3) is 0.500. The van der Waals surface area contributed by atoms with Gasteiger partial charge in [0.15, 0.2) is 5.96 Å². The summed E-state index contributed by atoms with van der Waals surface area (Å²) in [4.78, 5) is 24.1. The minimum Gasteiger partial charge on any atom is -0.465 e. The molecule has 8 heteroatoms. The molecule has 0 aromatic carbocycles. The number of aliphatic imine (C=N–C) groups is 1. The van der Waals surface area contributed by atoms with Crippen molar-refractivity contribution in [3.63, 3.8) is 0 Å². The normalized spacial score (nSPS) is 24.2. The Morgan fingerprint density at radius 2 is 2.31 bits per heavy atom. The average molecular weight is 375 g/mol. The van der Waals surface area contributed by atoms with Gasteiger partial charge in [0, 0.05) is 30.4 Å². The number of likely N-dealkylation sites (N-methyl/N-ethyl adjacent to an activating group) is 1. The standard InChI is InChI=1S/C18H25N5O2S/c1-23-11-15(26-3)10-20-18(23)22-14-6-5-13(8-14)21-16-7-4-12(9-19-16)17(24)25-2/h4,7,9-10,13-14H,5-6,8,11H2,1-3H3,(H,19,21)(H,20,22)/t13-,14-/m0/s1. The maximum atomic E-state index is 11.5. The molecule has 0 unspecified atom stereocenters. The van der Waals surface area contributed by atoms with Crippen LogP contribution in [0.5, 0.6) is 0 Å². The van der Waals surface area contributed by atoms with E-state index in [1.165, 1.54) is 18.2 Å². The van der Waals surface area contributed by atoms with Gasteiger partial charge in [0.25, 0.3) is 0 Å². The van der Waals surface area contributed by atoms with Crippen LogP contribution >= 0.6 is 11.8 Å². The van der Waals surface area contributed by atoms with Crippen molar-refractivity contribution in [2.75, 3.05) is 32.3 Å². The fourth-order valence-electron chi connectivity index (χ4n) is 3.17. The van der Waals surface area contributed by atoms with Crippen molar-refractivity contribution in [1.29, 1.82) is 0 Å². The van der Waals surface area contributed by atoms with Crippen molar-refractivity contribution in [1.82, 2.24) is 15.2 Å². The average Bonchev–Trinajstić information content (AvgIpc) is 3.10. The van der Waals surface area contributed by atoms with Gasteiger partial charge in [-0.3, -0.25) is 0 Å². The number of esters is 1. The number of hydrogen-bond donors (Lipinski definition) is 2. The lowest BCUT2D eigenvalue weighted by atomic mass is 10.2. The highest BCUT2D eigenvalue weighted by Gasteiger charge is 2.26. The highest BCUT2D eigenvalue weighted by molar-refractivity contribution is 8.02. The Labute approximate surface area is 158 Å². The molecule has 2 N–H and O–H groups in total. The Kier molecular flexibility index (Phi) is 6.03. The van der Waals surface area contributed by atoms with Crippen molar-refractivity contribution in [3.8, 4) is 0 Å². The van der Waals surface area contributed by atoms with Crippen LogP contribution in [-0.2, 0) is 4.74 Å². The fourth-order valence-corrected chi connectivity index (χ4v) is 3.67. The number of ether oxygens (including phenoxy) is 1. The van der Waals surface area contributed by atoms with E-state index in [1.807, 2.05) is 12.3 Å². The summed E-state index contributed by atoms with van der Waals surface area (Å²) >= 11 is 1.76. The molecular weight excluding hydrogens is 350 g/mol. The van der Waals surface area contributed by atoms with Crippen molar-refractivity contribution in [3.05, 3.63) is 35.0 Å². The molecule has 2 atom stereocenters. The van der Waals surface area contributed by atoms with E-state index in [2.05, 4.69) is 38.6 Å². The van der Waals surface area contributed by atoms with Crippen molar-refractivity contribution in [2.24, 2.45) is 4.99 Å². The number of thioether (sulfide) groups is 1. The highest BCUT2D eigenvalue weighted by Crippen LogP contribution is 2.25. The first-order valence-corrected chi connectivity index (χ1v) is 9.91. The SMILES string of the molecule is COC(=O)c1ccc(N[C@H]2CC[C@H](N=C3NC=C(SC)CN3C)C2)nc1. The summed E-state index contributed by atoms with van der Waals surface area (Å²) in [5.74, 6) is 1.34. The van der Waals surface area contributed by atoms with E-state index in [0.717, 1.165) is 37.6 Å². The van der Waals surface area contributed by atoms with Gasteiger partial charge in [0.1, 0.15) is 5.82 Å². The maximum Gasteiger partial charge on any atom is 0.339 e. The van der Waals surface area contributed by atoms with Gasteiger partial charge in [-0.05, 0) is 37.7 Å². The van der Waals surface area contributed by atoms with Gasteiger partial charge in [-0.1, -0.05) is 0 Å². The molecule has 7 nitrogen and oxygen atoms in total. The number of aromatic nitrogens is 1. The molecule has 1 aliphatic heterocycles. The Morgan fingerprint density at radius 3 is 2.96 bits per heavy atom.